The summed E-state index contributed by atoms with van der Waals surface area (Å²) in [5.74, 6) is -0.950. The van der Waals surface area contributed by atoms with Gasteiger partial charge in [0.05, 0.1) is 5.56 Å². The van der Waals surface area contributed by atoms with Crippen LogP contribution in [0.4, 0.5) is 15.0 Å². The lowest BCUT2D eigenvalue weighted by molar-refractivity contribution is -0.137. The van der Waals surface area contributed by atoms with Crippen molar-refractivity contribution in [2.45, 2.75) is 19.8 Å². The van der Waals surface area contributed by atoms with E-state index in [0.29, 0.717) is 12.0 Å². The number of rotatable bonds is 6. The summed E-state index contributed by atoms with van der Waals surface area (Å²) in [4.78, 5) is 22.1. The highest BCUT2D eigenvalue weighted by Crippen LogP contribution is 2.29. The van der Waals surface area contributed by atoms with Crippen LogP contribution in [0.3, 0.4) is 0 Å². The summed E-state index contributed by atoms with van der Waals surface area (Å²) in [7, 11) is 0. The van der Waals surface area contributed by atoms with Crippen molar-refractivity contribution in [1.82, 2.24) is 10.5 Å². The normalized spacial score (nSPS) is 10.3. The molecule has 0 bridgehead atoms. The van der Waals surface area contributed by atoms with Crippen LogP contribution in [0.25, 0.3) is 11.3 Å². The van der Waals surface area contributed by atoms with Crippen LogP contribution in [0.1, 0.15) is 18.4 Å². The number of urea groups is 1. The maximum Gasteiger partial charge on any atom is 0.320 e. The van der Waals surface area contributed by atoms with Gasteiger partial charge in [0, 0.05) is 18.5 Å². The number of nitrogens with zero attached hydrogens (tertiary/aromatic N) is 1. The van der Waals surface area contributed by atoms with Gasteiger partial charge in [0.25, 0.3) is 0 Å². The lowest BCUT2D eigenvalue weighted by atomic mass is 10.1. The number of benzene rings is 1. The molecule has 122 valence electrons. The molecule has 0 spiro atoms. The molecule has 0 fully saturated rings. The third-order valence-corrected chi connectivity index (χ3v) is 3.13. The second kappa shape index (κ2) is 7.39. The zero-order valence-electron chi connectivity index (χ0n) is 12.4. The summed E-state index contributed by atoms with van der Waals surface area (Å²) in [6.07, 6.45) is 0.293. The van der Waals surface area contributed by atoms with Crippen LogP contribution in [0.2, 0.25) is 0 Å². The fourth-order valence-electron chi connectivity index (χ4n) is 1.94. The molecule has 2 rings (SSSR count). The number of halogens is 1. The zero-order valence-corrected chi connectivity index (χ0v) is 12.4. The van der Waals surface area contributed by atoms with Gasteiger partial charge in [-0.05, 0) is 25.5 Å². The number of carboxylic acids is 1. The first-order valence-electron chi connectivity index (χ1n) is 6.97. The predicted octanol–water partition coefficient (Wildman–Crippen LogP) is 2.78. The molecule has 7 nitrogen and oxygen atoms in total. The first kappa shape index (κ1) is 16.5. The van der Waals surface area contributed by atoms with Gasteiger partial charge >= 0.3 is 12.0 Å². The van der Waals surface area contributed by atoms with Gasteiger partial charge in [-0.25, -0.2) is 9.18 Å². The summed E-state index contributed by atoms with van der Waals surface area (Å²) in [5.41, 5.74) is 0.753. The van der Waals surface area contributed by atoms with E-state index in [1.54, 1.807) is 25.1 Å². The van der Waals surface area contributed by atoms with Crippen molar-refractivity contribution in [1.29, 1.82) is 0 Å². The molecule has 0 saturated heterocycles. The monoisotopic (exact) mass is 321 g/mol. The smallest absolute Gasteiger partial charge is 0.320 e. The van der Waals surface area contributed by atoms with Crippen molar-refractivity contribution < 1.29 is 23.6 Å². The fourth-order valence-corrected chi connectivity index (χ4v) is 1.94. The maximum absolute atomic E-state index is 13.8. The molecule has 0 aliphatic rings. The Balaban J connectivity index is 1.98. The highest BCUT2D eigenvalue weighted by atomic mass is 19.1. The summed E-state index contributed by atoms with van der Waals surface area (Å²) in [6, 6.07) is 5.56. The Morgan fingerprint density at radius 2 is 2.09 bits per heavy atom. The molecule has 0 aliphatic heterocycles. The second-order valence-corrected chi connectivity index (χ2v) is 4.84. The van der Waals surface area contributed by atoms with Crippen molar-refractivity contribution in [2.75, 3.05) is 11.9 Å². The lowest BCUT2D eigenvalue weighted by Crippen LogP contribution is -2.30. The van der Waals surface area contributed by atoms with E-state index in [1.165, 1.54) is 6.07 Å². The van der Waals surface area contributed by atoms with Crippen molar-refractivity contribution >= 4 is 17.8 Å². The van der Waals surface area contributed by atoms with Gasteiger partial charge in [0.15, 0.2) is 11.6 Å². The predicted molar refractivity (Wildman–Crippen MR) is 80.5 cm³/mol. The van der Waals surface area contributed by atoms with Crippen molar-refractivity contribution in [3.8, 4) is 11.3 Å². The summed E-state index contributed by atoms with van der Waals surface area (Å²) in [6.45, 7) is 1.87. The number of nitrogens with one attached hydrogen (secondary N) is 2. The molecular weight excluding hydrogens is 305 g/mol. The molecule has 8 heteroatoms. The molecule has 0 aliphatic carbocycles. The highest BCUT2D eigenvalue weighted by molar-refractivity contribution is 5.89. The van der Waals surface area contributed by atoms with E-state index in [1.807, 2.05) is 0 Å². The number of carboxylic acid groups (broad SMARTS) is 1. The number of hydrogen-bond donors (Lipinski definition) is 3. The molecule has 2 aromatic rings. The number of carbonyl (C=O) groups excluding carboxylic acids is 1. The number of amides is 2. The second-order valence-electron chi connectivity index (χ2n) is 4.84. The van der Waals surface area contributed by atoms with Gasteiger partial charge in [-0.2, -0.15) is 0 Å². The van der Waals surface area contributed by atoms with E-state index in [9.17, 15) is 14.0 Å². The van der Waals surface area contributed by atoms with Crippen LogP contribution < -0.4 is 10.6 Å². The van der Waals surface area contributed by atoms with Gasteiger partial charge in [-0.3, -0.25) is 10.1 Å². The van der Waals surface area contributed by atoms with E-state index >= 15 is 0 Å². The van der Waals surface area contributed by atoms with Crippen LogP contribution in [-0.2, 0) is 4.79 Å². The number of carbonyl (C=O) groups is 2. The van der Waals surface area contributed by atoms with E-state index in [0.717, 1.165) is 0 Å². The maximum atomic E-state index is 13.8. The number of hydrogen-bond acceptors (Lipinski definition) is 4. The largest absolute Gasteiger partial charge is 0.481 e. The third kappa shape index (κ3) is 4.29. The molecule has 2 amide bonds. The van der Waals surface area contributed by atoms with Crippen LogP contribution in [0.15, 0.2) is 28.8 Å². The quantitative estimate of drug-likeness (QED) is 0.710. The van der Waals surface area contributed by atoms with E-state index in [-0.39, 0.29) is 30.1 Å². The summed E-state index contributed by atoms with van der Waals surface area (Å²) < 4.78 is 18.9. The fraction of sp³-hybridized carbons (Fsp3) is 0.267. The molecular formula is C15H16FN3O4. The highest BCUT2D eigenvalue weighted by Gasteiger charge is 2.18. The van der Waals surface area contributed by atoms with Gasteiger partial charge < -0.3 is 14.9 Å². The van der Waals surface area contributed by atoms with Crippen LogP contribution in [0, 0.1) is 12.7 Å². The molecule has 0 saturated carbocycles. The first-order chi connectivity index (χ1) is 11.0. The van der Waals surface area contributed by atoms with E-state index < -0.39 is 17.8 Å². The van der Waals surface area contributed by atoms with E-state index in [4.69, 9.17) is 9.63 Å². The van der Waals surface area contributed by atoms with Crippen LogP contribution >= 0.6 is 0 Å². The summed E-state index contributed by atoms with van der Waals surface area (Å²) in [5, 5.41) is 17.2. The number of anilines is 1. The molecule has 0 unspecified atom stereocenters. The summed E-state index contributed by atoms with van der Waals surface area (Å²) >= 11 is 0. The van der Waals surface area contributed by atoms with Crippen LogP contribution in [0.5, 0.6) is 0 Å². The Hall–Kier alpha value is -2.90. The molecule has 1 aromatic carbocycles. The van der Waals surface area contributed by atoms with Crippen molar-refractivity contribution in [3.05, 3.63) is 35.6 Å². The average Bonchev–Trinajstić information content (AvgIpc) is 2.85. The van der Waals surface area contributed by atoms with Crippen LogP contribution in [-0.4, -0.2) is 28.8 Å². The average molecular weight is 321 g/mol. The first-order valence-corrected chi connectivity index (χ1v) is 6.97. The Kier molecular flexibility index (Phi) is 5.29. The number of aliphatic carboxylic acids is 1. The van der Waals surface area contributed by atoms with Crippen molar-refractivity contribution in [3.63, 3.8) is 0 Å². The zero-order chi connectivity index (χ0) is 16.8. The minimum atomic E-state index is -0.922. The van der Waals surface area contributed by atoms with Gasteiger partial charge in [-0.15, -0.1) is 0 Å². The topological polar surface area (TPSA) is 104 Å². The Bertz CT molecular complexity index is 714. The molecule has 0 atom stereocenters. The van der Waals surface area contributed by atoms with Gasteiger partial charge in [0.1, 0.15) is 5.82 Å². The third-order valence-electron chi connectivity index (χ3n) is 3.13. The standard InChI is InChI=1S/C15H16FN3O4/c1-9-13(10-5-2-3-6-11(10)16)23-19-14(9)18-15(22)17-8-4-7-12(20)21/h2-3,5-6H,4,7-8H2,1H3,(H,20,21)(H2,17,18,19,22). The Labute approximate surface area is 131 Å². The molecule has 1 aromatic heterocycles. The SMILES string of the molecule is Cc1c(NC(=O)NCCCC(=O)O)noc1-c1ccccc1F. The lowest BCUT2D eigenvalue weighted by Gasteiger charge is -2.05. The minimum absolute atomic E-state index is 0.0271. The molecule has 3 N–H and O–H groups in total. The molecule has 0 radical (unpaired) electrons. The number of aromatic nitrogens is 1. The Morgan fingerprint density at radius 1 is 1.35 bits per heavy atom. The molecule has 23 heavy (non-hydrogen) atoms. The van der Waals surface area contributed by atoms with Crippen molar-refractivity contribution in [2.24, 2.45) is 0 Å². The minimum Gasteiger partial charge on any atom is -0.481 e. The van der Waals surface area contributed by atoms with E-state index in [2.05, 4.69) is 15.8 Å². The Morgan fingerprint density at radius 3 is 2.78 bits per heavy atom. The van der Waals surface area contributed by atoms with Gasteiger partial charge in [-0.1, -0.05) is 17.3 Å². The van der Waals surface area contributed by atoms with Gasteiger partial charge in [0.2, 0.25) is 0 Å². The molecule has 1 heterocycles.